The zero-order chi connectivity index (χ0) is 18.4. The molecule has 0 radical (unpaired) electrons. The average molecular weight is 368 g/mol. The molecule has 134 valence electrons. The molecule has 26 heavy (non-hydrogen) atoms. The summed E-state index contributed by atoms with van der Waals surface area (Å²) in [5.41, 5.74) is 3.55. The van der Waals surface area contributed by atoms with Crippen LogP contribution in [0.15, 0.2) is 66.3 Å². The number of sulfonamides is 1. The Bertz CT molecular complexity index is 981. The van der Waals surface area contributed by atoms with Gasteiger partial charge >= 0.3 is 0 Å². The molecule has 0 saturated heterocycles. The molecule has 1 aromatic carbocycles. The first-order valence-corrected chi connectivity index (χ1v) is 9.76. The van der Waals surface area contributed by atoms with Crippen LogP contribution in [0.5, 0.6) is 0 Å². The highest BCUT2D eigenvalue weighted by atomic mass is 32.2. The fraction of sp³-hybridized carbons (Fsp3) is 0.158. The molecule has 2 heterocycles. The SMILES string of the molecule is Cc1cc(-c2cccnc2)nn1CCNS(=O)(=O)/C=C/c1ccccc1. The second-order valence-electron chi connectivity index (χ2n) is 5.79. The highest BCUT2D eigenvalue weighted by Gasteiger charge is 2.08. The van der Waals surface area contributed by atoms with E-state index in [1.54, 1.807) is 23.2 Å². The molecule has 3 rings (SSSR count). The Morgan fingerprint density at radius 3 is 2.69 bits per heavy atom. The van der Waals surface area contributed by atoms with Crippen molar-refractivity contribution in [3.8, 4) is 11.3 Å². The van der Waals surface area contributed by atoms with E-state index in [0.717, 1.165) is 22.5 Å². The zero-order valence-corrected chi connectivity index (χ0v) is 15.2. The van der Waals surface area contributed by atoms with Crippen molar-refractivity contribution in [2.45, 2.75) is 13.5 Å². The van der Waals surface area contributed by atoms with E-state index in [1.807, 2.05) is 55.5 Å². The van der Waals surface area contributed by atoms with Crippen LogP contribution in [-0.4, -0.2) is 29.7 Å². The van der Waals surface area contributed by atoms with Gasteiger partial charge in [-0.3, -0.25) is 9.67 Å². The number of aryl methyl sites for hydroxylation is 1. The largest absolute Gasteiger partial charge is 0.268 e. The van der Waals surface area contributed by atoms with E-state index in [1.165, 1.54) is 5.41 Å². The van der Waals surface area contributed by atoms with Gasteiger partial charge in [0.15, 0.2) is 0 Å². The average Bonchev–Trinajstić information content (AvgIpc) is 3.02. The molecule has 2 aromatic heterocycles. The van der Waals surface area contributed by atoms with Crippen molar-refractivity contribution < 1.29 is 8.42 Å². The number of hydrogen-bond acceptors (Lipinski definition) is 4. The third-order valence-corrected chi connectivity index (χ3v) is 4.91. The van der Waals surface area contributed by atoms with Gasteiger partial charge in [-0.15, -0.1) is 0 Å². The van der Waals surface area contributed by atoms with Crippen molar-refractivity contribution in [3.05, 3.63) is 77.6 Å². The molecule has 1 N–H and O–H groups in total. The smallest absolute Gasteiger partial charge is 0.233 e. The van der Waals surface area contributed by atoms with Crippen LogP contribution in [0.4, 0.5) is 0 Å². The molecule has 0 spiro atoms. The van der Waals surface area contributed by atoms with Gasteiger partial charge in [-0.1, -0.05) is 30.3 Å². The molecule has 0 unspecified atom stereocenters. The van der Waals surface area contributed by atoms with Crippen LogP contribution >= 0.6 is 0 Å². The van der Waals surface area contributed by atoms with Gasteiger partial charge in [0, 0.05) is 35.6 Å². The number of hydrogen-bond donors (Lipinski definition) is 1. The maximum Gasteiger partial charge on any atom is 0.233 e. The molecule has 0 bridgehead atoms. The second kappa shape index (κ2) is 8.07. The summed E-state index contributed by atoms with van der Waals surface area (Å²) < 4.78 is 28.5. The highest BCUT2D eigenvalue weighted by Crippen LogP contribution is 2.17. The summed E-state index contributed by atoms with van der Waals surface area (Å²) in [4.78, 5) is 4.09. The summed E-state index contributed by atoms with van der Waals surface area (Å²) in [6.45, 7) is 2.65. The summed E-state index contributed by atoms with van der Waals surface area (Å²) in [5.74, 6) is 0. The van der Waals surface area contributed by atoms with Gasteiger partial charge in [0.05, 0.1) is 12.2 Å². The summed E-state index contributed by atoms with van der Waals surface area (Å²) in [5, 5.41) is 5.70. The maximum absolute atomic E-state index is 12.1. The molecule has 0 atom stereocenters. The lowest BCUT2D eigenvalue weighted by molar-refractivity contribution is 0.562. The lowest BCUT2D eigenvalue weighted by atomic mass is 10.2. The van der Waals surface area contributed by atoms with Crippen molar-refractivity contribution in [2.24, 2.45) is 0 Å². The summed E-state index contributed by atoms with van der Waals surface area (Å²) in [6, 6.07) is 15.1. The number of benzene rings is 1. The summed E-state index contributed by atoms with van der Waals surface area (Å²) >= 11 is 0. The van der Waals surface area contributed by atoms with E-state index in [0.29, 0.717) is 6.54 Å². The van der Waals surface area contributed by atoms with Crippen molar-refractivity contribution in [1.29, 1.82) is 0 Å². The molecule has 0 saturated carbocycles. The molecule has 7 heteroatoms. The first-order chi connectivity index (χ1) is 12.5. The molecule has 0 amide bonds. The number of nitrogens with zero attached hydrogens (tertiary/aromatic N) is 3. The zero-order valence-electron chi connectivity index (χ0n) is 14.4. The van der Waals surface area contributed by atoms with Crippen molar-refractivity contribution in [2.75, 3.05) is 6.54 Å². The van der Waals surface area contributed by atoms with Gasteiger partial charge in [-0.2, -0.15) is 5.10 Å². The molecule has 6 nitrogen and oxygen atoms in total. The Morgan fingerprint density at radius 1 is 1.15 bits per heavy atom. The molecule has 0 aliphatic heterocycles. The van der Waals surface area contributed by atoms with Crippen molar-refractivity contribution in [1.82, 2.24) is 19.5 Å². The molecular weight excluding hydrogens is 348 g/mol. The normalized spacial score (nSPS) is 11.9. The predicted molar refractivity (Wildman–Crippen MR) is 103 cm³/mol. The van der Waals surface area contributed by atoms with Crippen LogP contribution in [0.2, 0.25) is 0 Å². The van der Waals surface area contributed by atoms with E-state index in [2.05, 4.69) is 14.8 Å². The van der Waals surface area contributed by atoms with Gasteiger partial charge in [-0.05, 0) is 36.8 Å². The fourth-order valence-corrected chi connectivity index (χ4v) is 3.27. The van der Waals surface area contributed by atoms with E-state index >= 15 is 0 Å². The second-order valence-corrected chi connectivity index (χ2v) is 7.44. The van der Waals surface area contributed by atoms with Crippen LogP contribution in [0, 0.1) is 6.92 Å². The Morgan fingerprint density at radius 2 is 1.96 bits per heavy atom. The third-order valence-electron chi connectivity index (χ3n) is 3.80. The first kappa shape index (κ1) is 18.0. The van der Waals surface area contributed by atoms with Crippen molar-refractivity contribution >= 4 is 16.1 Å². The third kappa shape index (κ3) is 4.87. The minimum atomic E-state index is -3.49. The molecular formula is C19H20N4O2S. The molecule has 0 aliphatic carbocycles. The number of pyridine rings is 1. The quantitative estimate of drug-likeness (QED) is 0.696. The van der Waals surface area contributed by atoms with Crippen LogP contribution in [0.1, 0.15) is 11.3 Å². The lowest BCUT2D eigenvalue weighted by Gasteiger charge is -2.05. The van der Waals surface area contributed by atoms with Crippen molar-refractivity contribution in [3.63, 3.8) is 0 Å². The van der Waals surface area contributed by atoms with Gasteiger partial charge in [0.1, 0.15) is 0 Å². The minimum absolute atomic E-state index is 0.260. The van der Waals surface area contributed by atoms with Crippen LogP contribution in [0.3, 0.4) is 0 Å². The Labute approximate surface area is 153 Å². The van der Waals surface area contributed by atoms with Crippen LogP contribution in [-0.2, 0) is 16.6 Å². The highest BCUT2D eigenvalue weighted by molar-refractivity contribution is 7.92. The number of rotatable bonds is 7. The van der Waals surface area contributed by atoms with E-state index < -0.39 is 10.0 Å². The van der Waals surface area contributed by atoms with E-state index in [4.69, 9.17) is 0 Å². The number of nitrogens with one attached hydrogen (secondary N) is 1. The van der Waals surface area contributed by atoms with E-state index in [-0.39, 0.29) is 6.54 Å². The van der Waals surface area contributed by atoms with Gasteiger partial charge in [0.2, 0.25) is 10.0 Å². The minimum Gasteiger partial charge on any atom is -0.268 e. The van der Waals surface area contributed by atoms with Gasteiger partial charge in [0.25, 0.3) is 0 Å². The standard InChI is InChI=1S/C19H20N4O2S/c1-16-14-19(18-8-5-10-20-15-18)22-23(16)12-11-21-26(24,25)13-9-17-6-3-2-4-7-17/h2-10,13-15,21H,11-12H2,1H3/b13-9+. The lowest BCUT2D eigenvalue weighted by Crippen LogP contribution is -2.26. The fourth-order valence-electron chi connectivity index (χ4n) is 2.47. The topological polar surface area (TPSA) is 76.9 Å². The molecule has 0 fully saturated rings. The Balaban J connectivity index is 1.59. The first-order valence-electron chi connectivity index (χ1n) is 8.21. The predicted octanol–water partition coefficient (Wildman–Crippen LogP) is 2.84. The van der Waals surface area contributed by atoms with Crippen LogP contribution < -0.4 is 4.72 Å². The number of aromatic nitrogens is 3. The summed E-state index contributed by atoms with van der Waals surface area (Å²) in [6.07, 6.45) is 5.04. The van der Waals surface area contributed by atoms with Gasteiger partial charge < -0.3 is 0 Å². The van der Waals surface area contributed by atoms with Crippen LogP contribution in [0.25, 0.3) is 17.3 Å². The van der Waals surface area contributed by atoms with Gasteiger partial charge in [-0.25, -0.2) is 13.1 Å². The monoisotopic (exact) mass is 368 g/mol. The maximum atomic E-state index is 12.1. The summed E-state index contributed by atoms with van der Waals surface area (Å²) in [7, 11) is -3.49. The Hall–Kier alpha value is -2.77. The van der Waals surface area contributed by atoms with E-state index in [9.17, 15) is 8.42 Å². The molecule has 3 aromatic rings. The Kier molecular flexibility index (Phi) is 5.60. The molecule has 0 aliphatic rings.